The zero-order chi connectivity index (χ0) is 14.8. The van der Waals surface area contributed by atoms with Crippen molar-refractivity contribution in [2.24, 2.45) is 0 Å². The Hall–Kier alpha value is -1.88. The van der Waals surface area contributed by atoms with Gasteiger partial charge in [-0.15, -0.1) is 0 Å². The molecule has 0 fully saturated rings. The minimum Gasteiger partial charge on any atom is -0.489 e. The SMILES string of the molecule is Cc1cc(F)ccc1COc1ccc(S(C)(=O)=O)cc1. The maximum Gasteiger partial charge on any atom is 0.175 e. The van der Waals surface area contributed by atoms with E-state index in [1.165, 1.54) is 24.3 Å². The number of halogens is 1. The maximum atomic E-state index is 13.0. The lowest BCUT2D eigenvalue weighted by atomic mass is 10.1. The fourth-order valence-electron chi connectivity index (χ4n) is 1.77. The Morgan fingerprint density at radius 1 is 1.10 bits per heavy atom. The Bertz CT molecular complexity index is 706. The van der Waals surface area contributed by atoms with Crippen molar-refractivity contribution in [3.05, 3.63) is 59.4 Å². The Kier molecular flexibility index (Phi) is 4.09. The zero-order valence-corrected chi connectivity index (χ0v) is 12.1. The van der Waals surface area contributed by atoms with E-state index in [0.717, 1.165) is 17.4 Å². The molecule has 0 heterocycles. The van der Waals surface area contributed by atoms with Crippen molar-refractivity contribution in [1.29, 1.82) is 0 Å². The number of sulfone groups is 1. The minimum atomic E-state index is -3.20. The van der Waals surface area contributed by atoms with E-state index in [-0.39, 0.29) is 10.7 Å². The summed E-state index contributed by atoms with van der Waals surface area (Å²) in [7, 11) is -3.20. The number of hydrogen-bond donors (Lipinski definition) is 0. The molecule has 0 atom stereocenters. The first kappa shape index (κ1) is 14.5. The number of benzene rings is 2. The standard InChI is InChI=1S/C15H15FO3S/c1-11-9-13(16)4-3-12(11)10-19-14-5-7-15(8-6-14)20(2,17)18/h3-9H,10H2,1-2H3. The quantitative estimate of drug-likeness (QED) is 0.870. The van der Waals surface area contributed by atoms with Crippen LogP contribution in [0.15, 0.2) is 47.4 Å². The van der Waals surface area contributed by atoms with E-state index in [0.29, 0.717) is 12.4 Å². The van der Waals surface area contributed by atoms with Gasteiger partial charge in [-0.1, -0.05) is 6.07 Å². The van der Waals surface area contributed by atoms with E-state index in [4.69, 9.17) is 4.74 Å². The van der Waals surface area contributed by atoms with E-state index in [9.17, 15) is 12.8 Å². The predicted molar refractivity (Wildman–Crippen MR) is 75.0 cm³/mol. The number of aryl methyl sites for hydroxylation is 1. The predicted octanol–water partition coefficient (Wildman–Crippen LogP) is 3.12. The van der Waals surface area contributed by atoms with Crippen molar-refractivity contribution < 1.29 is 17.5 Å². The van der Waals surface area contributed by atoms with Gasteiger partial charge in [0.25, 0.3) is 0 Å². The van der Waals surface area contributed by atoms with Gasteiger partial charge in [0.05, 0.1) is 4.90 Å². The Morgan fingerprint density at radius 3 is 2.30 bits per heavy atom. The van der Waals surface area contributed by atoms with Gasteiger partial charge >= 0.3 is 0 Å². The van der Waals surface area contributed by atoms with E-state index in [2.05, 4.69) is 0 Å². The van der Waals surface area contributed by atoms with Crippen molar-refractivity contribution in [2.75, 3.05) is 6.26 Å². The summed E-state index contributed by atoms with van der Waals surface area (Å²) >= 11 is 0. The van der Waals surface area contributed by atoms with Gasteiger partial charge in [0.2, 0.25) is 0 Å². The molecule has 3 nitrogen and oxygen atoms in total. The minimum absolute atomic E-state index is 0.253. The highest BCUT2D eigenvalue weighted by molar-refractivity contribution is 7.90. The van der Waals surface area contributed by atoms with Gasteiger partial charge in [0.1, 0.15) is 18.2 Å². The molecule has 0 saturated heterocycles. The van der Waals surface area contributed by atoms with Gasteiger partial charge in [0, 0.05) is 6.26 Å². The molecular weight excluding hydrogens is 279 g/mol. The summed E-state index contributed by atoms with van der Waals surface area (Å²) in [6.45, 7) is 2.12. The highest BCUT2D eigenvalue weighted by atomic mass is 32.2. The summed E-state index contributed by atoms with van der Waals surface area (Å²) in [5, 5.41) is 0. The molecule has 0 aromatic heterocycles. The molecular formula is C15H15FO3S. The molecule has 0 aliphatic heterocycles. The third-order valence-electron chi connectivity index (χ3n) is 2.95. The number of ether oxygens (including phenoxy) is 1. The van der Waals surface area contributed by atoms with Crippen molar-refractivity contribution >= 4 is 9.84 Å². The van der Waals surface area contributed by atoms with Crippen LogP contribution in [0.2, 0.25) is 0 Å². The van der Waals surface area contributed by atoms with Crippen LogP contribution >= 0.6 is 0 Å². The largest absolute Gasteiger partial charge is 0.489 e. The van der Waals surface area contributed by atoms with Crippen LogP contribution in [-0.2, 0) is 16.4 Å². The lowest BCUT2D eigenvalue weighted by Crippen LogP contribution is -2.00. The molecule has 0 aliphatic rings. The second kappa shape index (κ2) is 5.63. The van der Waals surface area contributed by atoms with E-state index >= 15 is 0 Å². The van der Waals surface area contributed by atoms with Crippen LogP contribution in [0.25, 0.3) is 0 Å². The topological polar surface area (TPSA) is 43.4 Å². The molecule has 0 unspecified atom stereocenters. The molecule has 0 radical (unpaired) electrons. The second-order valence-corrected chi connectivity index (χ2v) is 6.62. The molecule has 20 heavy (non-hydrogen) atoms. The zero-order valence-electron chi connectivity index (χ0n) is 11.3. The molecule has 0 amide bonds. The van der Waals surface area contributed by atoms with E-state index < -0.39 is 9.84 Å². The molecule has 0 N–H and O–H groups in total. The van der Waals surface area contributed by atoms with Crippen LogP contribution < -0.4 is 4.74 Å². The average molecular weight is 294 g/mol. The van der Waals surface area contributed by atoms with Gasteiger partial charge < -0.3 is 4.74 Å². The Labute approximate surface area is 117 Å². The Balaban J connectivity index is 2.08. The first-order valence-electron chi connectivity index (χ1n) is 6.04. The van der Waals surface area contributed by atoms with Crippen molar-refractivity contribution in [1.82, 2.24) is 0 Å². The van der Waals surface area contributed by atoms with Crippen LogP contribution in [0.4, 0.5) is 4.39 Å². The molecule has 2 rings (SSSR count). The first-order valence-corrected chi connectivity index (χ1v) is 7.93. The molecule has 0 bridgehead atoms. The van der Waals surface area contributed by atoms with Crippen molar-refractivity contribution in [3.63, 3.8) is 0 Å². The van der Waals surface area contributed by atoms with Gasteiger partial charge in [0.15, 0.2) is 9.84 Å². The van der Waals surface area contributed by atoms with Crippen molar-refractivity contribution in [2.45, 2.75) is 18.4 Å². The van der Waals surface area contributed by atoms with E-state index in [1.807, 2.05) is 6.92 Å². The molecule has 106 valence electrons. The van der Waals surface area contributed by atoms with Gasteiger partial charge in [-0.3, -0.25) is 0 Å². The van der Waals surface area contributed by atoms with Crippen molar-refractivity contribution in [3.8, 4) is 5.75 Å². The summed E-state index contributed by atoms with van der Waals surface area (Å²) in [5.41, 5.74) is 1.70. The number of hydrogen-bond acceptors (Lipinski definition) is 3. The molecule has 0 saturated carbocycles. The molecule has 2 aromatic carbocycles. The summed E-state index contributed by atoms with van der Waals surface area (Å²) < 4.78 is 41.2. The van der Waals surface area contributed by atoms with Crippen LogP contribution in [-0.4, -0.2) is 14.7 Å². The fraction of sp³-hybridized carbons (Fsp3) is 0.200. The smallest absolute Gasteiger partial charge is 0.175 e. The lowest BCUT2D eigenvalue weighted by molar-refractivity contribution is 0.305. The monoisotopic (exact) mass is 294 g/mol. The third-order valence-corrected chi connectivity index (χ3v) is 4.08. The van der Waals surface area contributed by atoms with Gasteiger partial charge in [-0.2, -0.15) is 0 Å². The summed E-state index contributed by atoms with van der Waals surface area (Å²) in [4.78, 5) is 0.253. The average Bonchev–Trinajstić information content (AvgIpc) is 2.37. The van der Waals surface area contributed by atoms with Crippen LogP contribution in [0, 0.1) is 12.7 Å². The summed E-state index contributed by atoms with van der Waals surface area (Å²) in [5.74, 6) is 0.296. The normalized spacial score (nSPS) is 11.3. The summed E-state index contributed by atoms with van der Waals surface area (Å²) in [6.07, 6.45) is 1.16. The maximum absolute atomic E-state index is 13.0. The Morgan fingerprint density at radius 2 is 1.75 bits per heavy atom. The van der Waals surface area contributed by atoms with Gasteiger partial charge in [-0.25, -0.2) is 12.8 Å². The lowest BCUT2D eigenvalue weighted by Gasteiger charge is -2.09. The molecule has 2 aromatic rings. The number of rotatable bonds is 4. The second-order valence-electron chi connectivity index (χ2n) is 4.60. The third kappa shape index (κ3) is 3.57. The highest BCUT2D eigenvalue weighted by Gasteiger charge is 2.07. The van der Waals surface area contributed by atoms with E-state index in [1.54, 1.807) is 18.2 Å². The first-order chi connectivity index (χ1) is 9.36. The van der Waals surface area contributed by atoms with Gasteiger partial charge in [-0.05, 0) is 54.4 Å². The van der Waals surface area contributed by atoms with Crippen LogP contribution in [0.3, 0.4) is 0 Å². The highest BCUT2D eigenvalue weighted by Crippen LogP contribution is 2.18. The van der Waals surface area contributed by atoms with Crippen LogP contribution in [0.5, 0.6) is 5.75 Å². The molecule has 5 heteroatoms. The van der Waals surface area contributed by atoms with Crippen LogP contribution in [0.1, 0.15) is 11.1 Å². The molecule has 0 aliphatic carbocycles. The molecule has 0 spiro atoms. The summed E-state index contributed by atoms with van der Waals surface area (Å²) in [6, 6.07) is 10.7. The fourth-order valence-corrected chi connectivity index (χ4v) is 2.40.